The number of anilines is 1. The van der Waals surface area contributed by atoms with E-state index < -0.39 is 0 Å². The Morgan fingerprint density at radius 2 is 2.27 bits per heavy atom. The van der Waals surface area contributed by atoms with E-state index >= 15 is 0 Å². The van der Waals surface area contributed by atoms with Crippen LogP contribution in [-0.2, 0) is 11.2 Å². The molecule has 1 aliphatic rings. The molecule has 0 amide bonds. The largest absolute Gasteiger partial charge is 0.378 e. The molecule has 2 rings (SSSR count). The van der Waals surface area contributed by atoms with E-state index in [1.165, 1.54) is 0 Å². The Morgan fingerprint density at radius 1 is 1.47 bits per heavy atom. The Kier molecular flexibility index (Phi) is 3.15. The second kappa shape index (κ2) is 4.76. The molecule has 1 fully saturated rings. The number of nitrogens with zero attached hydrogens (tertiary/aromatic N) is 3. The van der Waals surface area contributed by atoms with E-state index in [4.69, 9.17) is 10.00 Å². The third-order valence-electron chi connectivity index (χ3n) is 2.45. The Bertz CT molecular complexity index is 366. The van der Waals surface area contributed by atoms with Gasteiger partial charge in [0.2, 0.25) is 0 Å². The zero-order valence-electron chi connectivity index (χ0n) is 8.52. The molecule has 0 aliphatic carbocycles. The minimum Gasteiger partial charge on any atom is -0.378 e. The van der Waals surface area contributed by atoms with Crippen LogP contribution in [0, 0.1) is 11.3 Å². The normalized spacial score (nSPS) is 16.1. The van der Waals surface area contributed by atoms with Gasteiger partial charge in [0.15, 0.2) is 0 Å². The summed E-state index contributed by atoms with van der Waals surface area (Å²) < 4.78 is 5.29. The summed E-state index contributed by atoms with van der Waals surface area (Å²) in [5.41, 5.74) is 1.00. The van der Waals surface area contributed by atoms with Gasteiger partial charge in [-0.2, -0.15) is 5.26 Å². The van der Waals surface area contributed by atoms with Crippen molar-refractivity contribution in [3.63, 3.8) is 0 Å². The van der Waals surface area contributed by atoms with E-state index in [9.17, 15) is 0 Å². The van der Waals surface area contributed by atoms with Crippen LogP contribution < -0.4 is 4.90 Å². The Labute approximate surface area is 89.1 Å². The number of nitriles is 1. The lowest BCUT2D eigenvalue weighted by Crippen LogP contribution is -2.37. The monoisotopic (exact) mass is 203 g/mol. The zero-order valence-corrected chi connectivity index (χ0v) is 8.52. The van der Waals surface area contributed by atoms with Crippen LogP contribution in [0.3, 0.4) is 0 Å². The summed E-state index contributed by atoms with van der Waals surface area (Å²) in [6, 6.07) is 6.00. The Balaban J connectivity index is 2.21. The second-order valence-corrected chi connectivity index (χ2v) is 3.42. The van der Waals surface area contributed by atoms with E-state index in [1.807, 2.05) is 12.1 Å². The Morgan fingerprint density at radius 3 is 3.00 bits per heavy atom. The second-order valence-electron chi connectivity index (χ2n) is 3.42. The Hall–Kier alpha value is -1.60. The summed E-state index contributed by atoms with van der Waals surface area (Å²) in [5, 5.41) is 8.72. The first kappa shape index (κ1) is 9.94. The van der Waals surface area contributed by atoms with Gasteiger partial charge in [0, 0.05) is 24.8 Å². The molecule has 0 radical (unpaired) electrons. The highest BCUT2D eigenvalue weighted by atomic mass is 16.5. The fourth-order valence-electron chi connectivity index (χ4n) is 1.71. The smallest absolute Gasteiger partial charge is 0.132 e. The van der Waals surface area contributed by atoms with Crippen LogP contribution in [0.5, 0.6) is 0 Å². The number of morpholine rings is 1. The van der Waals surface area contributed by atoms with Gasteiger partial charge in [0.05, 0.1) is 25.7 Å². The number of hydrogen-bond donors (Lipinski definition) is 0. The van der Waals surface area contributed by atoms with Crippen molar-refractivity contribution in [2.45, 2.75) is 6.42 Å². The van der Waals surface area contributed by atoms with Gasteiger partial charge >= 0.3 is 0 Å². The van der Waals surface area contributed by atoms with Crippen LogP contribution in [0.25, 0.3) is 0 Å². The zero-order chi connectivity index (χ0) is 10.5. The standard InChI is InChI=1S/C11H13N3O/c12-4-3-10-2-1-5-13-11(10)14-6-8-15-9-7-14/h1-2,5H,3,6-9H2. The molecule has 15 heavy (non-hydrogen) atoms. The molecule has 0 bridgehead atoms. The van der Waals surface area contributed by atoms with E-state index in [0.717, 1.165) is 37.7 Å². The van der Waals surface area contributed by atoms with Crippen LogP contribution in [-0.4, -0.2) is 31.3 Å². The predicted molar refractivity (Wildman–Crippen MR) is 56.6 cm³/mol. The maximum absolute atomic E-state index is 8.72. The number of aromatic nitrogens is 1. The van der Waals surface area contributed by atoms with Gasteiger partial charge in [-0.1, -0.05) is 6.07 Å². The van der Waals surface area contributed by atoms with Crippen molar-refractivity contribution in [3.05, 3.63) is 23.9 Å². The lowest BCUT2D eigenvalue weighted by molar-refractivity contribution is 0.122. The molecule has 4 nitrogen and oxygen atoms in total. The van der Waals surface area contributed by atoms with Crippen LogP contribution in [0.1, 0.15) is 5.56 Å². The first-order valence-corrected chi connectivity index (χ1v) is 5.05. The minimum atomic E-state index is 0.417. The van der Waals surface area contributed by atoms with Crippen LogP contribution in [0.4, 0.5) is 5.82 Å². The molecule has 4 heteroatoms. The molecule has 0 spiro atoms. The maximum atomic E-state index is 8.72. The maximum Gasteiger partial charge on any atom is 0.132 e. The fourth-order valence-corrected chi connectivity index (χ4v) is 1.71. The van der Waals surface area contributed by atoms with Crippen molar-refractivity contribution in [1.82, 2.24) is 4.98 Å². The number of ether oxygens (including phenoxy) is 1. The molecular weight excluding hydrogens is 190 g/mol. The highest BCUT2D eigenvalue weighted by Crippen LogP contribution is 2.18. The molecule has 0 atom stereocenters. The van der Waals surface area contributed by atoms with Crippen LogP contribution in [0.2, 0.25) is 0 Å². The van der Waals surface area contributed by atoms with E-state index in [2.05, 4.69) is 16.0 Å². The average molecular weight is 203 g/mol. The molecule has 78 valence electrons. The summed E-state index contributed by atoms with van der Waals surface area (Å²) in [6.07, 6.45) is 2.19. The van der Waals surface area contributed by atoms with Crippen molar-refractivity contribution in [3.8, 4) is 6.07 Å². The minimum absolute atomic E-state index is 0.417. The summed E-state index contributed by atoms with van der Waals surface area (Å²) in [4.78, 5) is 6.52. The number of hydrogen-bond acceptors (Lipinski definition) is 4. The molecule has 0 saturated carbocycles. The van der Waals surface area contributed by atoms with E-state index in [-0.39, 0.29) is 0 Å². The quantitative estimate of drug-likeness (QED) is 0.719. The summed E-state index contributed by atoms with van der Waals surface area (Å²) in [5.74, 6) is 0.933. The lowest BCUT2D eigenvalue weighted by Gasteiger charge is -2.29. The molecule has 1 aromatic rings. The van der Waals surface area contributed by atoms with Crippen molar-refractivity contribution in [2.24, 2.45) is 0 Å². The summed E-state index contributed by atoms with van der Waals surface area (Å²) in [6.45, 7) is 3.19. The predicted octanol–water partition coefficient (Wildman–Crippen LogP) is 0.984. The third kappa shape index (κ3) is 2.25. The molecule has 0 unspecified atom stereocenters. The highest BCUT2D eigenvalue weighted by Gasteiger charge is 2.15. The topological polar surface area (TPSA) is 49.2 Å². The summed E-state index contributed by atoms with van der Waals surface area (Å²) in [7, 11) is 0. The van der Waals surface area contributed by atoms with E-state index in [0.29, 0.717) is 6.42 Å². The van der Waals surface area contributed by atoms with Gasteiger partial charge in [0.1, 0.15) is 5.82 Å². The van der Waals surface area contributed by atoms with Crippen LogP contribution >= 0.6 is 0 Å². The highest BCUT2D eigenvalue weighted by molar-refractivity contribution is 5.48. The SMILES string of the molecule is N#CCc1cccnc1N1CCOCC1. The van der Waals surface area contributed by atoms with E-state index in [1.54, 1.807) is 6.20 Å². The molecular formula is C11H13N3O. The molecule has 1 saturated heterocycles. The third-order valence-corrected chi connectivity index (χ3v) is 2.45. The molecule has 0 N–H and O–H groups in total. The molecule has 1 aliphatic heterocycles. The fraction of sp³-hybridized carbons (Fsp3) is 0.455. The first-order valence-electron chi connectivity index (χ1n) is 5.05. The lowest BCUT2D eigenvalue weighted by atomic mass is 10.2. The number of pyridine rings is 1. The van der Waals surface area contributed by atoms with Crippen molar-refractivity contribution in [1.29, 1.82) is 5.26 Å². The molecule has 0 aromatic carbocycles. The van der Waals surface area contributed by atoms with Crippen molar-refractivity contribution in [2.75, 3.05) is 31.2 Å². The van der Waals surface area contributed by atoms with Gasteiger partial charge in [-0.25, -0.2) is 4.98 Å². The average Bonchev–Trinajstić information content (AvgIpc) is 2.31. The summed E-state index contributed by atoms with van der Waals surface area (Å²) >= 11 is 0. The van der Waals surface area contributed by atoms with Gasteiger partial charge < -0.3 is 9.64 Å². The van der Waals surface area contributed by atoms with Gasteiger partial charge in [-0.3, -0.25) is 0 Å². The van der Waals surface area contributed by atoms with Crippen LogP contribution in [0.15, 0.2) is 18.3 Å². The van der Waals surface area contributed by atoms with Gasteiger partial charge in [-0.15, -0.1) is 0 Å². The van der Waals surface area contributed by atoms with Crippen molar-refractivity contribution < 1.29 is 4.74 Å². The molecule has 1 aromatic heterocycles. The first-order chi connectivity index (χ1) is 7.42. The van der Waals surface area contributed by atoms with Gasteiger partial charge in [-0.05, 0) is 6.07 Å². The number of rotatable bonds is 2. The van der Waals surface area contributed by atoms with Gasteiger partial charge in [0.25, 0.3) is 0 Å². The molecule has 2 heterocycles. The van der Waals surface area contributed by atoms with Crippen molar-refractivity contribution >= 4 is 5.82 Å².